The number of ether oxygens (including phenoxy) is 2. The fourth-order valence-electron chi connectivity index (χ4n) is 1.89. The van der Waals surface area contributed by atoms with E-state index in [0.29, 0.717) is 5.75 Å². The second-order valence-corrected chi connectivity index (χ2v) is 4.85. The monoisotopic (exact) mass is 295 g/mol. The van der Waals surface area contributed by atoms with E-state index in [1.54, 1.807) is 0 Å². The molecule has 1 rings (SSSR count). The minimum absolute atomic E-state index is 0.209. The van der Waals surface area contributed by atoms with E-state index >= 15 is 0 Å². The van der Waals surface area contributed by atoms with Gasteiger partial charge in [0.2, 0.25) is 0 Å². The molecule has 1 amide bonds. The Kier molecular flexibility index (Phi) is 6.68. The third kappa shape index (κ3) is 6.27. The molecule has 116 valence electrons. The fraction of sp³-hybridized carbons (Fsp3) is 0.467. The van der Waals surface area contributed by atoms with Crippen molar-refractivity contribution >= 4 is 11.9 Å². The van der Waals surface area contributed by atoms with Crippen LogP contribution in [-0.4, -0.2) is 43.3 Å². The lowest BCUT2D eigenvalue weighted by Crippen LogP contribution is -2.43. The van der Waals surface area contributed by atoms with E-state index in [0.717, 1.165) is 11.1 Å². The summed E-state index contributed by atoms with van der Waals surface area (Å²) >= 11 is 0. The number of amides is 1. The number of hydrogen-bond donors (Lipinski definition) is 2. The topological polar surface area (TPSA) is 84.9 Å². The largest absolute Gasteiger partial charge is 0.484 e. The number of carboxylic acid groups (broad SMARTS) is 1. The molecule has 0 bridgehead atoms. The van der Waals surface area contributed by atoms with Crippen LogP contribution in [0.4, 0.5) is 0 Å². The molecule has 0 aliphatic rings. The highest BCUT2D eigenvalue weighted by molar-refractivity contribution is 5.84. The molecule has 21 heavy (non-hydrogen) atoms. The number of rotatable bonds is 8. The molecule has 0 spiro atoms. The lowest BCUT2D eigenvalue weighted by molar-refractivity contribution is -0.142. The van der Waals surface area contributed by atoms with Gasteiger partial charge in [-0.2, -0.15) is 0 Å². The summed E-state index contributed by atoms with van der Waals surface area (Å²) in [6.07, 6.45) is 0.209. The third-order valence-electron chi connectivity index (χ3n) is 2.81. The van der Waals surface area contributed by atoms with Gasteiger partial charge in [-0.15, -0.1) is 0 Å². The van der Waals surface area contributed by atoms with Gasteiger partial charge in [-0.1, -0.05) is 6.07 Å². The van der Waals surface area contributed by atoms with Crippen molar-refractivity contribution < 1.29 is 24.2 Å². The van der Waals surface area contributed by atoms with Crippen LogP contribution in [0.2, 0.25) is 0 Å². The van der Waals surface area contributed by atoms with Crippen molar-refractivity contribution in [3.8, 4) is 5.75 Å². The van der Waals surface area contributed by atoms with Gasteiger partial charge in [-0.3, -0.25) is 4.79 Å². The average molecular weight is 295 g/mol. The molecule has 1 aromatic rings. The Morgan fingerprint density at radius 1 is 1.24 bits per heavy atom. The summed E-state index contributed by atoms with van der Waals surface area (Å²) in [5.41, 5.74) is 2.07. The van der Waals surface area contributed by atoms with Crippen LogP contribution in [-0.2, 0) is 14.3 Å². The van der Waals surface area contributed by atoms with Crippen LogP contribution in [0, 0.1) is 13.8 Å². The Labute approximate surface area is 124 Å². The lowest BCUT2D eigenvalue weighted by Gasteiger charge is -2.14. The van der Waals surface area contributed by atoms with Crippen molar-refractivity contribution in [2.45, 2.75) is 26.3 Å². The van der Waals surface area contributed by atoms with E-state index < -0.39 is 17.9 Å². The van der Waals surface area contributed by atoms with Gasteiger partial charge < -0.3 is 19.9 Å². The van der Waals surface area contributed by atoms with Crippen LogP contribution >= 0.6 is 0 Å². The molecule has 0 aliphatic heterocycles. The normalized spacial score (nSPS) is 11.8. The summed E-state index contributed by atoms with van der Waals surface area (Å²) in [5.74, 6) is -0.976. The average Bonchev–Trinajstić information content (AvgIpc) is 2.39. The Bertz CT molecular complexity index is 481. The number of aliphatic carboxylic acids is 1. The van der Waals surface area contributed by atoms with E-state index in [1.807, 2.05) is 32.0 Å². The third-order valence-corrected chi connectivity index (χ3v) is 2.81. The number of carbonyl (C=O) groups excluding carboxylic acids is 1. The standard InChI is InChI=1S/C15H21NO5/c1-10-6-11(2)8-12(7-10)21-9-14(17)16-13(15(18)19)4-5-20-3/h6-8,13H,4-5,9H2,1-3H3,(H,16,17)(H,18,19). The number of hydrogen-bond acceptors (Lipinski definition) is 4. The molecule has 6 heteroatoms. The van der Waals surface area contributed by atoms with Crippen LogP contribution in [0.15, 0.2) is 18.2 Å². The number of aryl methyl sites for hydroxylation is 2. The molecule has 0 heterocycles. The Morgan fingerprint density at radius 3 is 2.38 bits per heavy atom. The summed E-state index contributed by atoms with van der Waals surface area (Å²) in [5, 5.41) is 11.4. The Morgan fingerprint density at radius 2 is 1.86 bits per heavy atom. The van der Waals surface area contributed by atoms with Gasteiger partial charge in [-0.25, -0.2) is 4.79 Å². The second kappa shape index (κ2) is 8.26. The van der Waals surface area contributed by atoms with Crippen molar-refractivity contribution in [3.05, 3.63) is 29.3 Å². The minimum Gasteiger partial charge on any atom is -0.484 e. The molecule has 2 N–H and O–H groups in total. The zero-order valence-corrected chi connectivity index (χ0v) is 12.5. The maximum absolute atomic E-state index is 11.7. The van der Waals surface area contributed by atoms with Crippen molar-refractivity contribution in [2.24, 2.45) is 0 Å². The van der Waals surface area contributed by atoms with Crippen molar-refractivity contribution in [3.63, 3.8) is 0 Å². The summed E-state index contributed by atoms with van der Waals surface area (Å²) in [4.78, 5) is 22.7. The van der Waals surface area contributed by atoms with E-state index in [-0.39, 0.29) is 19.6 Å². The predicted octanol–water partition coefficient (Wildman–Crippen LogP) is 1.29. The van der Waals surface area contributed by atoms with Crippen LogP contribution in [0.5, 0.6) is 5.75 Å². The maximum Gasteiger partial charge on any atom is 0.326 e. The molecule has 6 nitrogen and oxygen atoms in total. The first kappa shape index (κ1) is 17.0. The van der Waals surface area contributed by atoms with E-state index in [9.17, 15) is 9.59 Å². The van der Waals surface area contributed by atoms with Crippen molar-refractivity contribution in [1.82, 2.24) is 5.32 Å². The number of benzene rings is 1. The highest BCUT2D eigenvalue weighted by Crippen LogP contribution is 2.15. The molecule has 0 aliphatic carbocycles. The summed E-state index contributed by atoms with van der Waals surface area (Å²) in [7, 11) is 1.48. The van der Waals surface area contributed by atoms with Gasteiger partial charge in [-0.05, 0) is 37.1 Å². The second-order valence-electron chi connectivity index (χ2n) is 4.85. The van der Waals surface area contributed by atoms with Gasteiger partial charge in [0.25, 0.3) is 5.91 Å². The summed E-state index contributed by atoms with van der Waals surface area (Å²) in [6, 6.07) is 4.66. The van der Waals surface area contributed by atoms with Gasteiger partial charge in [0.15, 0.2) is 6.61 Å². The Balaban J connectivity index is 2.50. The molecule has 0 saturated heterocycles. The molecule has 1 aromatic carbocycles. The number of nitrogens with one attached hydrogen (secondary N) is 1. The van der Waals surface area contributed by atoms with Crippen LogP contribution in [0.25, 0.3) is 0 Å². The van der Waals surface area contributed by atoms with Gasteiger partial charge >= 0.3 is 5.97 Å². The molecule has 0 aromatic heterocycles. The highest BCUT2D eigenvalue weighted by Gasteiger charge is 2.19. The van der Waals surface area contributed by atoms with Gasteiger partial charge in [0, 0.05) is 20.1 Å². The molecule has 1 unspecified atom stereocenters. The Hall–Kier alpha value is -2.08. The van der Waals surface area contributed by atoms with Crippen LogP contribution < -0.4 is 10.1 Å². The molecule has 0 fully saturated rings. The minimum atomic E-state index is -1.09. The van der Waals surface area contributed by atoms with Crippen molar-refractivity contribution in [2.75, 3.05) is 20.3 Å². The molecular weight excluding hydrogens is 274 g/mol. The van der Waals surface area contributed by atoms with Gasteiger partial charge in [0.05, 0.1) is 0 Å². The maximum atomic E-state index is 11.7. The predicted molar refractivity (Wildman–Crippen MR) is 77.5 cm³/mol. The van der Waals surface area contributed by atoms with Gasteiger partial charge in [0.1, 0.15) is 11.8 Å². The van der Waals surface area contributed by atoms with E-state index in [1.165, 1.54) is 7.11 Å². The smallest absolute Gasteiger partial charge is 0.326 e. The van der Waals surface area contributed by atoms with E-state index in [4.69, 9.17) is 14.6 Å². The lowest BCUT2D eigenvalue weighted by atomic mass is 10.1. The molecule has 0 saturated carbocycles. The number of carbonyl (C=O) groups is 2. The first-order chi connectivity index (χ1) is 9.92. The molecule has 1 atom stereocenters. The first-order valence-corrected chi connectivity index (χ1v) is 6.64. The zero-order valence-electron chi connectivity index (χ0n) is 12.5. The quantitative estimate of drug-likeness (QED) is 0.755. The summed E-state index contributed by atoms with van der Waals surface area (Å²) < 4.78 is 10.2. The number of carboxylic acids is 1. The summed E-state index contributed by atoms with van der Waals surface area (Å²) in [6.45, 7) is 3.91. The SMILES string of the molecule is COCCC(NC(=O)COc1cc(C)cc(C)c1)C(=O)O. The van der Waals surface area contributed by atoms with E-state index in [2.05, 4.69) is 5.32 Å². The number of methoxy groups -OCH3 is 1. The van der Waals surface area contributed by atoms with Crippen LogP contribution in [0.3, 0.4) is 0 Å². The zero-order chi connectivity index (χ0) is 15.8. The molecule has 0 radical (unpaired) electrons. The molecular formula is C15H21NO5. The first-order valence-electron chi connectivity index (χ1n) is 6.64. The van der Waals surface area contributed by atoms with Crippen molar-refractivity contribution in [1.29, 1.82) is 0 Å². The fourth-order valence-corrected chi connectivity index (χ4v) is 1.89. The highest BCUT2D eigenvalue weighted by atomic mass is 16.5. The van der Waals surface area contributed by atoms with Crippen LogP contribution in [0.1, 0.15) is 17.5 Å².